The van der Waals surface area contributed by atoms with Gasteiger partial charge >= 0.3 is 12.2 Å². The van der Waals surface area contributed by atoms with E-state index in [0.29, 0.717) is 48.6 Å². The summed E-state index contributed by atoms with van der Waals surface area (Å²) in [7, 11) is 1.51. The second-order valence-corrected chi connectivity index (χ2v) is 8.48. The Labute approximate surface area is 218 Å². The Morgan fingerprint density at radius 1 is 1.19 bits per heavy atom. The quantitative estimate of drug-likeness (QED) is 0.474. The average Bonchev–Trinajstić information content (AvgIpc) is 3.39. The van der Waals surface area contributed by atoms with E-state index in [0.717, 1.165) is 5.56 Å². The van der Waals surface area contributed by atoms with Crippen LogP contribution >= 0.6 is 12.4 Å². The molecule has 200 valence electrons. The van der Waals surface area contributed by atoms with Gasteiger partial charge in [-0.3, -0.25) is 0 Å². The summed E-state index contributed by atoms with van der Waals surface area (Å²) in [6, 6.07) is 14.6. The minimum absolute atomic E-state index is 0. The maximum Gasteiger partial charge on any atom is 0.453 e. The van der Waals surface area contributed by atoms with Gasteiger partial charge in [-0.05, 0) is 47.5 Å². The monoisotopic (exact) mass is 539 g/mol. The van der Waals surface area contributed by atoms with Crippen LogP contribution in [0.2, 0.25) is 0 Å². The minimum Gasteiger partial charge on any atom is -0.496 e. The SMILES string of the molecule is CCNC(=O)N1CC[C@H](NCc2cc(-n3nnnc3C(F)(F)F)ccc2OC)[C@H](c2ccccc2)C1.Cl. The molecule has 4 rings (SSSR count). The third kappa shape index (κ3) is 6.50. The first-order valence-electron chi connectivity index (χ1n) is 11.7. The van der Waals surface area contributed by atoms with Crippen LogP contribution in [-0.4, -0.2) is 63.9 Å². The molecule has 1 aromatic heterocycles. The molecule has 0 bridgehead atoms. The molecule has 1 aliphatic rings. The van der Waals surface area contributed by atoms with Crippen molar-refractivity contribution in [1.29, 1.82) is 0 Å². The topological polar surface area (TPSA) is 97.2 Å². The number of hydrogen-bond acceptors (Lipinski definition) is 6. The Morgan fingerprint density at radius 2 is 1.95 bits per heavy atom. The van der Waals surface area contributed by atoms with Crippen molar-refractivity contribution in [3.63, 3.8) is 0 Å². The molecular weight excluding hydrogens is 511 g/mol. The first-order valence-corrected chi connectivity index (χ1v) is 11.7. The van der Waals surface area contributed by atoms with E-state index in [1.54, 1.807) is 12.1 Å². The van der Waals surface area contributed by atoms with Crippen molar-refractivity contribution in [3.8, 4) is 11.4 Å². The number of ether oxygens (including phenoxy) is 1. The van der Waals surface area contributed by atoms with Crippen LogP contribution in [0.1, 0.15) is 36.2 Å². The molecule has 3 aromatic rings. The minimum atomic E-state index is -4.69. The van der Waals surface area contributed by atoms with Crippen molar-refractivity contribution in [2.24, 2.45) is 0 Å². The summed E-state index contributed by atoms with van der Waals surface area (Å²) in [4.78, 5) is 14.3. The number of amides is 2. The van der Waals surface area contributed by atoms with Gasteiger partial charge in [0.25, 0.3) is 5.82 Å². The van der Waals surface area contributed by atoms with E-state index in [1.807, 2.05) is 42.2 Å². The number of tetrazole rings is 1. The van der Waals surface area contributed by atoms with E-state index in [2.05, 4.69) is 26.2 Å². The summed E-state index contributed by atoms with van der Waals surface area (Å²) >= 11 is 0. The van der Waals surface area contributed by atoms with Gasteiger partial charge in [-0.1, -0.05) is 30.3 Å². The molecule has 37 heavy (non-hydrogen) atoms. The van der Waals surface area contributed by atoms with E-state index >= 15 is 0 Å². The molecule has 2 atom stereocenters. The van der Waals surface area contributed by atoms with Gasteiger partial charge in [-0.25, -0.2) is 4.79 Å². The Bertz CT molecular complexity index is 1180. The first-order chi connectivity index (χ1) is 17.3. The average molecular weight is 540 g/mol. The molecule has 0 radical (unpaired) electrons. The zero-order valence-corrected chi connectivity index (χ0v) is 21.2. The van der Waals surface area contributed by atoms with Crippen molar-refractivity contribution in [2.75, 3.05) is 26.7 Å². The Kier molecular flexibility index (Phi) is 9.33. The second kappa shape index (κ2) is 12.2. The summed E-state index contributed by atoms with van der Waals surface area (Å²) in [5, 5.41) is 16.3. The number of nitrogens with zero attached hydrogens (tertiary/aromatic N) is 5. The van der Waals surface area contributed by atoms with Crippen LogP contribution in [-0.2, 0) is 12.7 Å². The van der Waals surface area contributed by atoms with Crippen LogP contribution < -0.4 is 15.4 Å². The summed E-state index contributed by atoms with van der Waals surface area (Å²) < 4.78 is 46.1. The van der Waals surface area contributed by atoms with Gasteiger partial charge in [0.1, 0.15) is 5.75 Å². The van der Waals surface area contributed by atoms with E-state index < -0.39 is 12.0 Å². The molecule has 13 heteroatoms. The maximum absolute atomic E-state index is 13.3. The predicted molar refractivity (Wildman–Crippen MR) is 133 cm³/mol. The molecule has 1 aliphatic heterocycles. The van der Waals surface area contributed by atoms with E-state index in [-0.39, 0.29) is 36.1 Å². The fourth-order valence-corrected chi connectivity index (χ4v) is 4.50. The number of piperidine rings is 1. The molecule has 0 spiro atoms. The second-order valence-electron chi connectivity index (χ2n) is 8.48. The normalized spacial score (nSPS) is 17.7. The molecule has 0 aliphatic carbocycles. The molecule has 1 fully saturated rings. The fraction of sp³-hybridized carbons (Fsp3) is 0.417. The maximum atomic E-state index is 13.3. The highest BCUT2D eigenvalue weighted by molar-refractivity contribution is 5.85. The molecular formula is C24H29ClF3N7O2. The number of benzene rings is 2. The lowest BCUT2D eigenvalue weighted by Gasteiger charge is -2.39. The number of halogens is 4. The van der Waals surface area contributed by atoms with Crippen molar-refractivity contribution in [3.05, 3.63) is 65.5 Å². The Morgan fingerprint density at radius 3 is 2.62 bits per heavy atom. The molecule has 0 saturated carbocycles. The van der Waals surface area contributed by atoms with Gasteiger partial charge in [0, 0.05) is 43.7 Å². The molecule has 2 heterocycles. The van der Waals surface area contributed by atoms with Crippen LogP contribution in [0.15, 0.2) is 48.5 Å². The lowest BCUT2D eigenvalue weighted by molar-refractivity contribution is -0.146. The van der Waals surface area contributed by atoms with Crippen LogP contribution in [0.5, 0.6) is 5.75 Å². The van der Waals surface area contributed by atoms with E-state index in [4.69, 9.17) is 4.74 Å². The van der Waals surface area contributed by atoms with Crippen molar-refractivity contribution >= 4 is 18.4 Å². The van der Waals surface area contributed by atoms with Crippen LogP contribution in [0.25, 0.3) is 5.69 Å². The number of carbonyl (C=O) groups is 1. The standard InChI is InChI=1S/C24H28F3N7O2.ClH/c1-3-28-23(35)33-12-11-20(19(15-33)16-7-5-4-6-8-16)29-14-17-13-18(9-10-21(17)36-2)34-22(24(25,26)27)30-31-32-34;/h4-10,13,19-20,29H,3,11-12,14-15H2,1-2H3,(H,28,35);1H/t19-,20-;/m0./s1. The third-order valence-electron chi connectivity index (χ3n) is 6.24. The largest absolute Gasteiger partial charge is 0.496 e. The molecule has 2 N–H and O–H groups in total. The summed E-state index contributed by atoms with van der Waals surface area (Å²) in [6.45, 7) is 3.92. The zero-order valence-electron chi connectivity index (χ0n) is 20.4. The van der Waals surface area contributed by atoms with Crippen LogP contribution in [0.3, 0.4) is 0 Å². The fourth-order valence-electron chi connectivity index (χ4n) is 4.50. The molecule has 2 aromatic carbocycles. The molecule has 9 nitrogen and oxygen atoms in total. The van der Waals surface area contributed by atoms with E-state index in [1.165, 1.54) is 13.2 Å². The number of aromatic nitrogens is 4. The molecule has 0 unspecified atom stereocenters. The van der Waals surface area contributed by atoms with E-state index in [9.17, 15) is 18.0 Å². The number of carbonyl (C=O) groups excluding carboxylic acids is 1. The highest BCUT2D eigenvalue weighted by Gasteiger charge is 2.38. The van der Waals surface area contributed by atoms with Gasteiger partial charge in [0.15, 0.2) is 0 Å². The van der Waals surface area contributed by atoms with Crippen molar-refractivity contribution in [1.82, 2.24) is 35.7 Å². The van der Waals surface area contributed by atoms with Gasteiger partial charge in [0.05, 0.1) is 12.8 Å². The Hall–Kier alpha value is -3.38. The lowest BCUT2D eigenvalue weighted by Crippen LogP contribution is -2.52. The highest BCUT2D eigenvalue weighted by atomic mass is 35.5. The predicted octanol–water partition coefficient (Wildman–Crippen LogP) is 3.79. The van der Waals surface area contributed by atoms with Crippen molar-refractivity contribution < 1.29 is 22.7 Å². The molecule has 1 saturated heterocycles. The smallest absolute Gasteiger partial charge is 0.453 e. The van der Waals surface area contributed by atoms with Gasteiger partial charge in [-0.15, -0.1) is 17.5 Å². The number of nitrogens with one attached hydrogen (secondary N) is 2. The summed E-state index contributed by atoms with van der Waals surface area (Å²) in [5.74, 6) is -0.634. The zero-order chi connectivity index (χ0) is 25.7. The Balaban J connectivity index is 0.00000380. The first kappa shape index (κ1) is 28.2. The van der Waals surface area contributed by atoms with Gasteiger partial charge in [-0.2, -0.15) is 17.9 Å². The molecule has 2 amide bonds. The number of alkyl halides is 3. The number of likely N-dealkylation sites (tertiary alicyclic amines) is 1. The van der Waals surface area contributed by atoms with Crippen LogP contribution in [0.4, 0.5) is 18.0 Å². The number of rotatable bonds is 7. The van der Waals surface area contributed by atoms with Crippen molar-refractivity contribution in [2.45, 2.75) is 38.0 Å². The summed E-state index contributed by atoms with van der Waals surface area (Å²) in [5.41, 5.74) is 1.94. The number of urea groups is 1. The number of hydrogen-bond donors (Lipinski definition) is 2. The highest BCUT2D eigenvalue weighted by Crippen LogP contribution is 2.31. The van der Waals surface area contributed by atoms with Gasteiger partial charge in [0.2, 0.25) is 0 Å². The lowest BCUT2D eigenvalue weighted by atomic mass is 9.86. The summed E-state index contributed by atoms with van der Waals surface area (Å²) in [6.07, 6.45) is -3.98. The van der Waals surface area contributed by atoms with Crippen LogP contribution in [0, 0.1) is 0 Å². The van der Waals surface area contributed by atoms with Gasteiger partial charge < -0.3 is 20.3 Å². The number of methoxy groups -OCH3 is 1. The third-order valence-corrected chi connectivity index (χ3v) is 6.24.